The van der Waals surface area contributed by atoms with E-state index in [1.165, 1.54) is 0 Å². The van der Waals surface area contributed by atoms with Crippen molar-refractivity contribution in [3.63, 3.8) is 0 Å². The molecule has 4 rings (SSSR count). The van der Waals surface area contributed by atoms with Crippen LogP contribution in [-0.4, -0.2) is 24.0 Å². The molecule has 0 N–H and O–H groups in total. The molecule has 0 saturated carbocycles. The predicted octanol–water partition coefficient (Wildman–Crippen LogP) is 4.30. The molecule has 1 aliphatic rings. The van der Waals surface area contributed by atoms with E-state index in [2.05, 4.69) is 0 Å². The minimum Gasteiger partial charge on any atom is -0.486 e. The second-order valence-corrected chi connectivity index (χ2v) is 6.49. The van der Waals surface area contributed by atoms with Gasteiger partial charge in [-0.2, -0.15) is 0 Å². The summed E-state index contributed by atoms with van der Waals surface area (Å²) < 4.78 is 11.2. The zero-order valence-corrected chi connectivity index (χ0v) is 15.0. The second kappa shape index (κ2) is 7.96. The molecule has 1 aliphatic heterocycles. The maximum absolute atomic E-state index is 13.3. The van der Waals surface area contributed by atoms with Gasteiger partial charge in [0.1, 0.15) is 13.2 Å². The first-order valence-electron chi connectivity index (χ1n) is 9.06. The van der Waals surface area contributed by atoms with Crippen LogP contribution in [0.5, 0.6) is 11.5 Å². The third-order valence-corrected chi connectivity index (χ3v) is 4.51. The van der Waals surface area contributed by atoms with Gasteiger partial charge in [-0.3, -0.25) is 4.79 Å². The number of hydrogen-bond acceptors (Lipinski definition) is 3. The van der Waals surface area contributed by atoms with Crippen LogP contribution in [0.2, 0.25) is 0 Å². The van der Waals surface area contributed by atoms with Crippen LogP contribution in [0.25, 0.3) is 0 Å². The van der Waals surface area contributed by atoms with E-state index in [1.54, 1.807) is 12.1 Å². The Morgan fingerprint density at radius 1 is 0.741 bits per heavy atom. The van der Waals surface area contributed by atoms with Crippen molar-refractivity contribution in [1.82, 2.24) is 4.90 Å². The number of amides is 1. The average Bonchev–Trinajstić information content (AvgIpc) is 2.74. The van der Waals surface area contributed by atoms with Crippen LogP contribution in [-0.2, 0) is 13.1 Å². The summed E-state index contributed by atoms with van der Waals surface area (Å²) in [6.07, 6.45) is 0. The van der Waals surface area contributed by atoms with Crippen molar-refractivity contribution in [3.05, 3.63) is 95.6 Å². The summed E-state index contributed by atoms with van der Waals surface area (Å²) in [4.78, 5) is 15.1. The predicted molar refractivity (Wildman–Crippen MR) is 104 cm³/mol. The highest BCUT2D eigenvalue weighted by Crippen LogP contribution is 2.31. The first-order chi connectivity index (χ1) is 13.3. The molecule has 1 heterocycles. The highest BCUT2D eigenvalue weighted by molar-refractivity contribution is 5.95. The summed E-state index contributed by atoms with van der Waals surface area (Å²) in [5.41, 5.74) is 2.80. The summed E-state index contributed by atoms with van der Waals surface area (Å²) >= 11 is 0. The molecule has 0 unspecified atom stereocenters. The Labute approximate surface area is 159 Å². The van der Waals surface area contributed by atoms with Crippen molar-refractivity contribution in [3.8, 4) is 11.5 Å². The molecule has 3 aromatic carbocycles. The Bertz CT molecular complexity index is 868. The van der Waals surface area contributed by atoms with Gasteiger partial charge in [-0.25, -0.2) is 0 Å². The number of rotatable bonds is 5. The minimum atomic E-state index is -0.0281. The monoisotopic (exact) mass is 359 g/mol. The number of hydrogen-bond donors (Lipinski definition) is 0. The Hall–Kier alpha value is -3.27. The molecule has 0 fully saturated rings. The van der Waals surface area contributed by atoms with Crippen LogP contribution in [0, 0.1) is 0 Å². The van der Waals surface area contributed by atoms with Crippen LogP contribution in [0.1, 0.15) is 21.5 Å². The molecular weight excluding hydrogens is 338 g/mol. The highest BCUT2D eigenvalue weighted by Gasteiger charge is 2.20. The SMILES string of the molecule is O=C(c1ccc2c(c1)OCCO2)N(Cc1ccccc1)Cc1ccccc1. The Balaban J connectivity index is 1.61. The quantitative estimate of drug-likeness (QED) is 0.682. The van der Waals surface area contributed by atoms with Gasteiger partial charge in [-0.15, -0.1) is 0 Å². The van der Waals surface area contributed by atoms with Crippen LogP contribution in [0.3, 0.4) is 0 Å². The fourth-order valence-corrected chi connectivity index (χ4v) is 3.17. The number of nitrogens with zero attached hydrogens (tertiary/aromatic N) is 1. The number of benzene rings is 3. The largest absolute Gasteiger partial charge is 0.486 e. The van der Waals surface area contributed by atoms with Crippen molar-refractivity contribution >= 4 is 5.91 Å². The van der Waals surface area contributed by atoms with E-state index >= 15 is 0 Å². The van der Waals surface area contributed by atoms with Gasteiger partial charge in [0.2, 0.25) is 0 Å². The van der Waals surface area contributed by atoms with Crippen LogP contribution >= 0.6 is 0 Å². The van der Waals surface area contributed by atoms with Gasteiger partial charge in [0.25, 0.3) is 5.91 Å². The van der Waals surface area contributed by atoms with E-state index in [9.17, 15) is 4.79 Å². The lowest BCUT2D eigenvalue weighted by atomic mass is 10.1. The molecule has 0 atom stereocenters. The normalized spacial score (nSPS) is 12.4. The standard InChI is InChI=1S/C23H21NO3/c25-23(20-11-12-21-22(15-20)27-14-13-26-21)24(16-18-7-3-1-4-8-18)17-19-9-5-2-6-10-19/h1-12,15H,13-14,16-17H2. The number of carbonyl (C=O) groups is 1. The average molecular weight is 359 g/mol. The maximum Gasteiger partial charge on any atom is 0.254 e. The molecule has 4 nitrogen and oxygen atoms in total. The molecule has 1 amide bonds. The van der Waals surface area contributed by atoms with E-state index in [0.29, 0.717) is 43.4 Å². The first-order valence-corrected chi connectivity index (χ1v) is 9.06. The number of ether oxygens (including phenoxy) is 2. The lowest BCUT2D eigenvalue weighted by Gasteiger charge is -2.24. The van der Waals surface area contributed by atoms with Crippen molar-refractivity contribution in [2.45, 2.75) is 13.1 Å². The molecule has 3 aromatic rings. The zero-order valence-electron chi connectivity index (χ0n) is 15.0. The molecule has 0 saturated heterocycles. The number of fused-ring (bicyclic) bond motifs is 1. The van der Waals surface area contributed by atoms with Crippen LogP contribution < -0.4 is 9.47 Å². The van der Waals surface area contributed by atoms with Gasteiger partial charge >= 0.3 is 0 Å². The Morgan fingerprint density at radius 3 is 1.89 bits per heavy atom. The molecule has 0 aromatic heterocycles. The third kappa shape index (κ3) is 4.11. The second-order valence-electron chi connectivity index (χ2n) is 6.49. The topological polar surface area (TPSA) is 38.8 Å². The van der Waals surface area contributed by atoms with Gasteiger partial charge in [0, 0.05) is 18.7 Å². The maximum atomic E-state index is 13.3. The van der Waals surface area contributed by atoms with E-state index in [-0.39, 0.29) is 5.91 Å². The number of carbonyl (C=O) groups excluding carboxylic acids is 1. The highest BCUT2D eigenvalue weighted by atomic mass is 16.6. The van der Waals surface area contributed by atoms with Gasteiger partial charge in [0.05, 0.1) is 0 Å². The van der Waals surface area contributed by atoms with Crippen LogP contribution in [0.4, 0.5) is 0 Å². The Kier molecular flexibility index (Phi) is 5.06. The van der Waals surface area contributed by atoms with Crippen molar-refractivity contribution in [2.75, 3.05) is 13.2 Å². The summed E-state index contributed by atoms with van der Waals surface area (Å²) in [5.74, 6) is 1.29. The molecule has 4 heteroatoms. The van der Waals surface area contributed by atoms with E-state index in [0.717, 1.165) is 11.1 Å². The van der Waals surface area contributed by atoms with E-state index in [4.69, 9.17) is 9.47 Å². The summed E-state index contributed by atoms with van der Waals surface area (Å²) in [6, 6.07) is 25.5. The zero-order chi connectivity index (χ0) is 18.5. The Morgan fingerprint density at radius 2 is 1.30 bits per heavy atom. The van der Waals surface area contributed by atoms with Crippen molar-refractivity contribution in [1.29, 1.82) is 0 Å². The summed E-state index contributed by atoms with van der Waals surface area (Å²) in [6.45, 7) is 2.13. The van der Waals surface area contributed by atoms with E-state index < -0.39 is 0 Å². The lowest BCUT2D eigenvalue weighted by molar-refractivity contribution is 0.0729. The molecule has 0 radical (unpaired) electrons. The van der Waals surface area contributed by atoms with Gasteiger partial charge in [-0.1, -0.05) is 60.7 Å². The fraction of sp³-hybridized carbons (Fsp3) is 0.174. The molecule has 0 spiro atoms. The summed E-state index contributed by atoms with van der Waals surface area (Å²) in [7, 11) is 0. The molecule has 136 valence electrons. The minimum absolute atomic E-state index is 0.0281. The molecule has 0 aliphatic carbocycles. The molecule has 0 bridgehead atoms. The van der Waals surface area contributed by atoms with Gasteiger partial charge < -0.3 is 14.4 Å². The van der Waals surface area contributed by atoms with Gasteiger partial charge in [0.15, 0.2) is 11.5 Å². The van der Waals surface area contributed by atoms with E-state index in [1.807, 2.05) is 71.6 Å². The molecular formula is C23H21NO3. The lowest BCUT2D eigenvalue weighted by Crippen LogP contribution is -2.30. The van der Waals surface area contributed by atoms with Crippen molar-refractivity contribution < 1.29 is 14.3 Å². The smallest absolute Gasteiger partial charge is 0.254 e. The fourth-order valence-electron chi connectivity index (χ4n) is 3.17. The molecule has 27 heavy (non-hydrogen) atoms. The van der Waals surface area contributed by atoms with Crippen molar-refractivity contribution in [2.24, 2.45) is 0 Å². The van der Waals surface area contributed by atoms with Gasteiger partial charge in [-0.05, 0) is 29.3 Å². The first kappa shape index (κ1) is 17.2. The third-order valence-electron chi connectivity index (χ3n) is 4.51. The summed E-state index contributed by atoms with van der Waals surface area (Å²) in [5, 5.41) is 0. The van der Waals surface area contributed by atoms with Crippen LogP contribution in [0.15, 0.2) is 78.9 Å².